The van der Waals surface area contributed by atoms with Gasteiger partial charge in [-0.15, -0.1) is 0 Å². The van der Waals surface area contributed by atoms with E-state index in [9.17, 15) is 14.4 Å². The number of esters is 1. The molecule has 11 heteroatoms. The lowest BCUT2D eigenvalue weighted by Gasteiger charge is -2.10. The van der Waals surface area contributed by atoms with Crippen LogP contribution in [0.15, 0.2) is 65.8 Å². The van der Waals surface area contributed by atoms with Crippen molar-refractivity contribution in [3.8, 4) is 17.2 Å². The van der Waals surface area contributed by atoms with Gasteiger partial charge in [0.15, 0.2) is 11.5 Å². The molecule has 3 rings (SSSR count). The second-order valence-corrected chi connectivity index (χ2v) is 8.59. The van der Waals surface area contributed by atoms with Gasteiger partial charge in [-0.25, -0.2) is 10.2 Å². The number of nitrogens with zero attached hydrogens (tertiary/aromatic N) is 1. The van der Waals surface area contributed by atoms with E-state index in [1.54, 1.807) is 42.5 Å². The fourth-order valence-electron chi connectivity index (χ4n) is 3.03. The minimum atomic E-state index is -0.554. The zero-order chi connectivity index (χ0) is 27.5. The molecule has 198 valence electrons. The summed E-state index contributed by atoms with van der Waals surface area (Å²) in [4.78, 5) is 36.7. The number of hydrogen-bond donors (Lipinski definition) is 2. The van der Waals surface area contributed by atoms with Gasteiger partial charge in [-0.05, 0) is 72.6 Å². The van der Waals surface area contributed by atoms with E-state index < -0.39 is 17.8 Å². The van der Waals surface area contributed by atoms with Crippen molar-refractivity contribution in [2.75, 3.05) is 20.3 Å². The second kappa shape index (κ2) is 14.0. The van der Waals surface area contributed by atoms with Crippen molar-refractivity contribution in [2.45, 2.75) is 13.3 Å². The molecular formula is C27H25Cl2N3O6. The van der Waals surface area contributed by atoms with Crippen LogP contribution in [0.1, 0.15) is 39.6 Å². The molecule has 0 aliphatic carbocycles. The topological polar surface area (TPSA) is 115 Å². The quantitative estimate of drug-likeness (QED) is 0.150. The first-order chi connectivity index (χ1) is 18.3. The summed E-state index contributed by atoms with van der Waals surface area (Å²) in [6, 6.07) is 15.8. The van der Waals surface area contributed by atoms with Crippen LogP contribution in [0, 0.1) is 0 Å². The SMILES string of the molecule is CCCOc1ccc(C(=O)Oc2ccc(/C=N/NC(=O)CNC(=O)c3ccc(Cl)c(Cl)c3)cc2OC)cc1. The van der Waals surface area contributed by atoms with E-state index in [-0.39, 0.29) is 22.9 Å². The van der Waals surface area contributed by atoms with Crippen molar-refractivity contribution in [3.05, 3.63) is 87.4 Å². The highest BCUT2D eigenvalue weighted by atomic mass is 35.5. The Kier molecular flexibility index (Phi) is 10.5. The van der Waals surface area contributed by atoms with Gasteiger partial charge in [0.25, 0.3) is 11.8 Å². The maximum Gasteiger partial charge on any atom is 0.343 e. The van der Waals surface area contributed by atoms with Crippen LogP contribution in [0.5, 0.6) is 17.2 Å². The van der Waals surface area contributed by atoms with Crippen molar-refractivity contribution in [1.82, 2.24) is 10.7 Å². The number of hydrazone groups is 1. The van der Waals surface area contributed by atoms with E-state index in [2.05, 4.69) is 15.8 Å². The molecular weight excluding hydrogens is 533 g/mol. The predicted molar refractivity (Wildman–Crippen MR) is 145 cm³/mol. The number of amides is 2. The first kappa shape index (κ1) is 28.5. The Hall–Kier alpha value is -4.08. The smallest absolute Gasteiger partial charge is 0.343 e. The molecule has 0 aromatic heterocycles. The molecule has 9 nitrogen and oxygen atoms in total. The third-order valence-electron chi connectivity index (χ3n) is 4.95. The van der Waals surface area contributed by atoms with Gasteiger partial charge in [-0.1, -0.05) is 30.1 Å². The standard InChI is InChI=1S/C27H25Cl2N3O6/c1-3-12-37-20-8-5-18(6-9-20)27(35)38-23-11-4-17(13-24(23)36-2)15-31-32-25(33)16-30-26(34)19-7-10-21(28)22(29)14-19/h4-11,13-15H,3,12,16H2,1-2H3,(H,30,34)(H,32,33)/b31-15+. The molecule has 0 saturated heterocycles. The van der Waals surface area contributed by atoms with Gasteiger partial charge in [0.1, 0.15) is 5.75 Å². The molecule has 0 aliphatic heterocycles. The molecule has 3 aromatic carbocycles. The summed E-state index contributed by atoms with van der Waals surface area (Å²) in [5.41, 5.74) is 3.50. The van der Waals surface area contributed by atoms with E-state index in [4.69, 9.17) is 37.4 Å². The average Bonchev–Trinajstić information content (AvgIpc) is 2.93. The molecule has 2 N–H and O–H groups in total. The summed E-state index contributed by atoms with van der Waals surface area (Å²) in [6.45, 7) is 2.30. The number of rotatable bonds is 11. The van der Waals surface area contributed by atoms with Crippen LogP contribution in [0.3, 0.4) is 0 Å². The minimum Gasteiger partial charge on any atom is -0.494 e. The van der Waals surface area contributed by atoms with Crippen molar-refractivity contribution >= 4 is 47.2 Å². The molecule has 0 radical (unpaired) electrons. The summed E-state index contributed by atoms with van der Waals surface area (Å²) in [5, 5.41) is 6.89. The number of carbonyl (C=O) groups excluding carboxylic acids is 3. The largest absolute Gasteiger partial charge is 0.494 e. The Morgan fingerprint density at radius 1 is 0.921 bits per heavy atom. The van der Waals surface area contributed by atoms with Gasteiger partial charge in [0, 0.05) is 5.56 Å². The molecule has 0 aliphatic rings. The third kappa shape index (κ3) is 8.22. The fraction of sp³-hybridized carbons (Fsp3) is 0.185. The van der Waals surface area contributed by atoms with Crippen LogP contribution in [0.25, 0.3) is 0 Å². The van der Waals surface area contributed by atoms with Crippen LogP contribution in [-0.2, 0) is 4.79 Å². The van der Waals surface area contributed by atoms with Crippen molar-refractivity contribution in [2.24, 2.45) is 5.10 Å². The summed E-state index contributed by atoms with van der Waals surface area (Å²) >= 11 is 11.7. The number of nitrogens with one attached hydrogen (secondary N) is 2. The Bertz CT molecular complexity index is 1330. The molecule has 38 heavy (non-hydrogen) atoms. The van der Waals surface area contributed by atoms with Crippen LogP contribution in [0.4, 0.5) is 0 Å². The lowest BCUT2D eigenvalue weighted by atomic mass is 10.2. The molecule has 0 spiro atoms. The highest BCUT2D eigenvalue weighted by Crippen LogP contribution is 2.28. The Balaban J connectivity index is 1.52. The molecule has 0 atom stereocenters. The van der Waals surface area contributed by atoms with Crippen molar-refractivity contribution in [3.63, 3.8) is 0 Å². The van der Waals surface area contributed by atoms with E-state index in [1.165, 1.54) is 31.5 Å². The maximum absolute atomic E-state index is 12.5. The first-order valence-electron chi connectivity index (χ1n) is 11.5. The van der Waals surface area contributed by atoms with Crippen LogP contribution >= 0.6 is 23.2 Å². The maximum atomic E-state index is 12.5. The van der Waals surface area contributed by atoms with Gasteiger partial charge in [-0.2, -0.15) is 5.10 Å². The van der Waals surface area contributed by atoms with Crippen molar-refractivity contribution < 1.29 is 28.6 Å². The first-order valence-corrected chi connectivity index (χ1v) is 12.2. The van der Waals surface area contributed by atoms with Gasteiger partial charge < -0.3 is 19.5 Å². The number of benzene rings is 3. The molecule has 0 saturated carbocycles. The fourth-order valence-corrected chi connectivity index (χ4v) is 3.33. The molecule has 0 fully saturated rings. The zero-order valence-electron chi connectivity index (χ0n) is 20.6. The summed E-state index contributed by atoms with van der Waals surface area (Å²) in [6.07, 6.45) is 2.26. The van der Waals surface area contributed by atoms with E-state index in [0.717, 1.165) is 6.42 Å². The monoisotopic (exact) mass is 557 g/mol. The lowest BCUT2D eigenvalue weighted by Crippen LogP contribution is -2.34. The molecule has 2 amide bonds. The minimum absolute atomic E-state index is 0.218. The second-order valence-electron chi connectivity index (χ2n) is 7.78. The highest BCUT2D eigenvalue weighted by molar-refractivity contribution is 6.42. The number of hydrogen-bond acceptors (Lipinski definition) is 7. The van der Waals surface area contributed by atoms with Crippen LogP contribution in [0.2, 0.25) is 10.0 Å². The van der Waals surface area contributed by atoms with Crippen LogP contribution < -0.4 is 25.0 Å². The van der Waals surface area contributed by atoms with Gasteiger partial charge >= 0.3 is 5.97 Å². The summed E-state index contributed by atoms with van der Waals surface area (Å²) in [7, 11) is 1.44. The van der Waals surface area contributed by atoms with E-state index in [1.807, 2.05) is 6.92 Å². The summed E-state index contributed by atoms with van der Waals surface area (Å²) < 4.78 is 16.3. The summed E-state index contributed by atoms with van der Waals surface area (Å²) in [5.74, 6) is -0.399. The Morgan fingerprint density at radius 2 is 1.66 bits per heavy atom. The van der Waals surface area contributed by atoms with Gasteiger partial charge in [0.05, 0.1) is 42.1 Å². The number of carbonyl (C=O) groups is 3. The molecule has 0 unspecified atom stereocenters. The normalized spacial score (nSPS) is 10.6. The predicted octanol–water partition coefficient (Wildman–Crippen LogP) is 4.89. The van der Waals surface area contributed by atoms with Crippen LogP contribution in [-0.4, -0.2) is 44.3 Å². The van der Waals surface area contributed by atoms with Crippen molar-refractivity contribution in [1.29, 1.82) is 0 Å². The zero-order valence-corrected chi connectivity index (χ0v) is 22.1. The molecule has 0 heterocycles. The number of methoxy groups -OCH3 is 1. The Labute approximate surface area is 229 Å². The molecule has 0 bridgehead atoms. The lowest BCUT2D eigenvalue weighted by molar-refractivity contribution is -0.120. The average molecular weight is 558 g/mol. The van der Waals surface area contributed by atoms with Gasteiger partial charge in [-0.3, -0.25) is 9.59 Å². The molecule has 3 aromatic rings. The van der Waals surface area contributed by atoms with E-state index >= 15 is 0 Å². The number of halogens is 2. The highest BCUT2D eigenvalue weighted by Gasteiger charge is 2.13. The third-order valence-corrected chi connectivity index (χ3v) is 5.69. The van der Waals surface area contributed by atoms with E-state index in [0.29, 0.717) is 34.3 Å². The number of ether oxygens (including phenoxy) is 3. The van der Waals surface area contributed by atoms with Gasteiger partial charge in [0.2, 0.25) is 0 Å². The Morgan fingerprint density at radius 3 is 2.34 bits per heavy atom.